The molecule has 0 saturated heterocycles. The molecule has 1 aromatic carbocycles. The number of halogens is 1. The Hall–Kier alpha value is -2.19. The van der Waals surface area contributed by atoms with Crippen molar-refractivity contribution in [3.63, 3.8) is 0 Å². The van der Waals surface area contributed by atoms with Gasteiger partial charge in [0.15, 0.2) is 11.0 Å². The normalized spacial score (nSPS) is 11.0. The highest BCUT2D eigenvalue weighted by molar-refractivity contribution is 7.98. The number of rotatable bonds is 5. The fourth-order valence-electron chi connectivity index (χ4n) is 1.92. The van der Waals surface area contributed by atoms with Gasteiger partial charge in [0.2, 0.25) is 0 Å². The SMILES string of the molecule is Cn1c(CO)nnc1SCc1ccn(-c2ccc(F)cc2)n1. The Morgan fingerprint density at radius 2 is 1.95 bits per heavy atom. The molecule has 6 nitrogen and oxygen atoms in total. The third-order valence-corrected chi connectivity index (χ3v) is 4.20. The van der Waals surface area contributed by atoms with E-state index in [0.717, 1.165) is 16.5 Å². The number of benzene rings is 1. The zero-order chi connectivity index (χ0) is 15.5. The Balaban J connectivity index is 1.69. The lowest BCUT2D eigenvalue weighted by molar-refractivity contribution is 0.266. The minimum atomic E-state index is -0.270. The molecule has 22 heavy (non-hydrogen) atoms. The zero-order valence-corrected chi connectivity index (χ0v) is 12.7. The summed E-state index contributed by atoms with van der Waals surface area (Å²) in [4.78, 5) is 0. The van der Waals surface area contributed by atoms with E-state index in [-0.39, 0.29) is 12.4 Å². The molecule has 0 unspecified atom stereocenters. The Bertz CT molecular complexity index is 768. The molecule has 0 aliphatic heterocycles. The first kappa shape index (κ1) is 14.7. The molecule has 3 aromatic rings. The molecule has 0 saturated carbocycles. The van der Waals surface area contributed by atoms with Crippen molar-refractivity contribution < 1.29 is 9.50 Å². The van der Waals surface area contributed by atoms with Crippen LogP contribution in [0.2, 0.25) is 0 Å². The molecular weight excluding hydrogens is 305 g/mol. The van der Waals surface area contributed by atoms with Gasteiger partial charge in [-0.05, 0) is 30.3 Å². The first-order valence-electron chi connectivity index (χ1n) is 6.60. The van der Waals surface area contributed by atoms with Gasteiger partial charge < -0.3 is 9.67 Å². The fraction of sp³-hybridized carbons (Fsp3) is 0.214. The van der Waals surface area contributed by atoms with E-state index in [1.807, 2.05) is 19.3 Å². The highest BCUT2D eigenvalue weighted by Crippen LogP contribution is 2.20. The van der Waals surface area contributed by atoms with Crippen LogP contribution in [0.15, 0.2) is 41.7 Å². The summed E-state index contributed by atoms with van der Waals surface area (Å²) in [7, 11) is 1.81. The summed E-state index contributed by atoms with van der Waals surface area (Å²) in [5.41, 5.74) is 1.68. The summed E-state index contributed by atoms with van der Waals surface area (Å²) >= 11 is 1.49. The van der Waals surface area contributed by atoms with Gasteiger partial charge in [0.25, 0.3) is 0 Å². The van der Waals surface area contributed by atoms with Crippen molar-refractivity contribution in [1.29, 1.82) is 0 Å². The summed E-state index contributed by atoms with van der Waals surface area (Å²) in [5.74, 6) is 0.888. The highest BCUT2D eigenvalue weighted by Gasteiger charge is 2.09. The summed E-state index contributed by atoms with van der Waals surface area (Å²) in [6.07, 6.45) is 1.83. The van der Waals surface area contributed by atoms with Crippen LogP contribution in [-0.4, -0.2) is 29.7 Å². The second-order valence-electron chi connectivity index (χ2n) is 4.63. The maximum absolute atomic E-state index is 12.9. The van der Waals surface area contributed by atoms with Crippen LogP contribution in [0.5, 0.6) is 0 Å². The van der Waals surface area contributed by atoms with Crippen molar-refractivity contribution in [2.45, 2.75) is 17.5 Å². The molecule has 114 valence electrons. The summed E-state index contributed by atoms with van der Waals surface area (Å²) in [5, 5.41) is 22.2. The molecule has 0 amide bonds. The van der Waals surface area contributed by atoms with Crippen molar-refractivity contribution in [2.75, 3.05) is 0 Å². The number of aliphatic hydroxyl groups is 1. The number of hydrogen-bond donors (Lipinski definition) is 1. The largest absolute Gasteiger partial charge is 0.388 e. The van der Waals surface area contributed by atoms with E-state index in [9.17, 15) is 4.39 Å². The summed E-state index contributed by atoms with van der Waals surface area (Å²) in [6.45, 7) is -0.136. The lowest BCUT2D eigenvalue weighted by Crippen LogP contribution is -1.99. The van der Waals surface area contributed by atoms with Gasteiger partial charge in [0.1, 0.15) is 12.4 Å². The minimum Gasteiger partial charge on any atom is -0.388 e. The quantitative estimate of drug-likeness (QED) is 0.728. The predicted molar refractivity (Wildman–Crippen MR) is 80.0 cm³/mol. The average molecular weight is 319 g/mol. The van der Waals surface area contributed by atoms with Crippen molar-refractivity contribution >= 4 is 11.8 Å². The van der Waals surface area contributed by atoms with Crippen molar-refractivity contribution in [1.82, 2.24) is 24.5 Å². The van der Waals surface area contributed by atoms with E-state index in [2.05, 4.69) is 15.3 Å². The lowest BCUT2D eigenvalue weighted by Gasteiger charge is -2.01. The molecular formula is C14H14FN5OS. The van der Waals surface area contributed by atoms with E-state index >= 15 is 0 Å². The second-order valence-corrected chi connectivity index (χ2v) is 5.58. The van der Waals surface area contributed by atoms with Crippen molar-refractivity contribution in [3.8, 4) is 5.69 Å². The third kappa shape index (κ3) is 3.02. The standard InChI is InChI=1S/C14H14FN5OS/c1-19-13(8-21)16-17-14(19)22-9-11-6-7-20(18-11)12-4-2-10(15)3-5-12/h2-7,21H,8-9H2,1H3. The van der Waals surface area contributed by atoms with Gasteiger partial charge in [-0.25, -0.2) is 9.07 Å². The minimum absolute atomic E-state index is 0.136. The Kier molecular flexibility index (Phi) is 4.21. The first-order valence-corrected chi connectivity index (χ1v) is 7.58. The molecule has 0 aliphatic rings. The first-order chi connectivity index (χ1) is 10.7. The van der Waals surface area contributed by atoms with Gasteiger partial charge in [-0.3, -0.25) is 0 Å². The maximum atomic E-state index is 12.9. The van der Waals surface area contributed by atoms with Crippen LogP contribution in [0.1, 0.15) is 11.5 Å². The molecule has 8 heteroatoms. The smallest absolute Gasteiger partial charge is 0.191 e. The molecule has 0 fully saturated rings. The Labute approximate surface area is 130 Å². The van der Waals surface area contributed by atoms with Gasteiger partial charge >= 0.3 is 0 Å². The fourth-order valence-corrected chi connectivity index (χ4v) is 2.75. The lowest BCUT2D eigenvalue weighted by atomic mass is 10.3. The van der Waals surface area contributed by atoms with Crippen LogP contribution in [0, 0.1) is 5.82 Å². The molecule has 0 aliphatic carbocycles. The highest BCUT2D eigenvalue weighted by atomic mass is 32.2. The molecule has 1 N–H and O–H groups in total. The van der Waals surface area contributed by atoms with Crippen LogP contribution < -0.4 is 0 Å². The van der Waals surface area contributed by atoms with E-state index in [1.165, 1.54) is 23.9 Å². The molecule has 3 rings (SSSR count). The van der Waals surface area contributed by atoms with Gasteiger partial charge in [-0.1, -0.05) is 11.8 Å². The van der Waals surface area contributed by atoms with Crippen LogP contribution in [0.25, 0.3) is 5.69 Å². The number of aliphatic hydroxyl groups excluding tert-OH is 1. The van der Waals surface area contributed by atoms with Crippen molar-refractivity contribution in [2.24, 2.45) is 7.05 Å². The Morgan fingerprint density at radius 1 is 1.18 bits per heavy atom. The number of nitrogens with zero attached hydrogens (tertiary/aromatic N) is 5. The van der Waals surface area contributed by atoms with Crippen LogP contribution in [0.4, 0.5) is 4.39 Å². The van der Waals surface area contributed by atoms with Gasteiger partial charge in [0, 0.05) is 19.0 Å². The second kappa shape index (κ2) is 6.29. The monoisotopic (exact) mass is 319 g/mol. The van der Waals surface area contributed by atoms with E-state index in [4.69, 9.17) is 5.11 Å². The molecule has 0 radical (unpaired) electrons. The molecule has 2 heterocycles. The average Bonchev–Trinajstić information content (AvgIpc) is 3.13. The molecule has 0 bridgehead atoms. The van der Waals surface area contributed by atoms with E-state index in [0.29, 0.717) is 11.6 Å². The molecule has 0 spiro atoms. The summed E-state index contributed by atoms with van der Waals surface area (Å²) in [6, 6.07) is 8.06. The third-order valence-electron chi connectivity index (χ3n) is 3.15. The van der Waals surface area contributed by atoms with E-state index in [1.54, 1.807) is 21.4 Å². The van der Waals surface area contributed by atoms with Crippen LogP contribution in [0.3, 0.4) is 0 Å². The topological polar surface area (TPSA) is 68.8 Å². The van der Waals surface area contributed by atoms with E-state index < -0.39 is 0 Å². The van der Waals surface area contributed by atoms with Gasteiger partial charge in [-0.2, -0.15) is 5.10 Å². The number of aromatic nitrogens is 5. The van der Waals surface area contributed by atoms with Crippen molar-refractivity contribution in [3.05, 3.63) is 53.9 Å². The zero-order valence-electron chi connectivity index (χ0n) is 11.8. The number of hydrogen-bond acceptors (Lipinski definition) is 5. The molecule has 2 aromatic heterocycles. The Morgan fingerprint density at radius 3 is 2.64 bits per heavy atom. The molecule has 0 atom stereocenters. The maximum Gasteiger partial charge on any atom is 0.191 e. The van der Waals surface area contributed by atoms with Gasteiger partial charge in [-0.15, -0.1) is 10.2 Å². The van der Waals surface area contributed by atoms with Crippen LogP contribution in [-0.2, 0) is 19.4 Å². The summed E-state index contributed by atoms with van der Waals surface area (Å²) < 4.78 is 16.4. The number of thioether (sulfide) groups is 1. The predicted octanol–water partition coefficient (Wildman–Crippen LogP) is 1.92. The van der Waals surface area contributed by atoms with Gasteiger partial charge in [0.05, 0.1) is 11.4 Å². The van der Waals surface area contributed by atoms with Crippen LogP contribution >= 0.6 is 11.8 Å².